The van der Waals surface area contributed by atoms with E-state index in [0.717, 1.165) is 25.9 Å². The van der Waals surface area contributed by atoms with Crippen molar-refractivity contribution in [1.82, 2.24) is 4.90 Å². The molecule has 0 radical (unpaired) electrons. The molecule has 1 aromatic rings. The lowest BCUT2D eigenvalue weighted by Gasteiger charge is -2.38. The highest BCUT2D eigenvalue weighted by atomic mass is 35.5. The van der Waals surface area contributed by atoms with Gasteiger partial charge in [-0.15, -0.1) is 12.4 Å². The van der Waals surface area contributed by atoms with Gasteiger partial charge in [0.1, 0.15) is 0 Å². The Morgan fingerprint density at radius 2 is 2.11 bits per heavy atom. The minimum Gasteiger partial charge on any atom is -0.381 e. The summed E-state index contributed by atoms with van der Waals surface area (Å²) in [4.78, 5) is 2.50. The van der Waals surface area contributed by atoms with Crippen LogP contribution in [0.2, 0.25) is 0 Å². The van der Waals surface area contributed by atoms with E-state index in [1.165, 1.54) is 11.1 Å². The Morgan fingerprint density at radius 3 is 2.74 bits per heavy atom. The van der Waals surface area contributed by atoms with Crippen LogP contribution in [0.15, 0.2) is 24.3 Å². The Balaban J connectivity index is 0.00000180. The van der Waals surface area contributed by atoms with Crippen LogP contribution < -0.4 is 5.73 Å². The van der Waals surface area contributed by atoms with Crippen molar-refractivity contribution >= 4 is 12.4 Å². The quantitative estimate of drug-likeness (QED) is 0.922. The summed E-state index contributed by atoms with van der Waals surface area (Å²) in [5, 5.41) is 0. The van der Waals surface area contributed by atoms with Crippen molar-refractivity contribution in [3.63, 3.8) is 0 Å². The van der Waals surface area contributed by atoms with E-state index >= 15 is 0 Å². The average molecular weight is 285 g/mol. The van der Waals surface area contributed by atoms with Gasteiger partial charge in [-0.3, -0.25) is 4.90 Å². The maximum atomic E-state index is 5.91. The number of aryl methyl sites for hydroxylation is 1. The van der Waals surface area contributed by atoms with Crippen LogP contribution in [0.5, 0.6) is 0 Å². The smallest absolute Gasteiger partial charge is 0.0599 e. The second-order valence-corrected chi connectivity index (χ2v) is 5.17. The average Bonchev–Trinajstić information content (AvgIpc) is 2.41. The third-order valence-corrected chi connectivity index (χ3v) is 4.03. The normalized spacial score (nSPS) is 23.9. The Morgan fingerprint density at radius 1 is 1.37 bits per heavy atom. The van der Waals surface area contributed by atoms with Crippen LogP contribution in [0.4, 0.5) is 0 Å². The number of rotatable bonds is 4. The minimum atomic E-state index is 0. The van der Waals surface area contributed by atoms with E-state index in [-0.39, 0.29) is 12.4 Å². The number of methoxy groups -OCH3 is 1. The van der Waals surface area contributed by atoms with Crippen molar-refractivity contribution in [2.24, 2.45) is 5.73 Å². The van der Waals surface area contributed by atoms with Gasteiger partial charge in [0.2, 0.25) is 0 Å². The molecule has 0 aliphatic carbocycles. The lowest BCUT2D eigenvalue weighted by molar-refractivity contribution is 0.0102. The number of nitrogens with two attached hydrogens (primary N) is 1. The first-order valence-corrected chi connectivity index (χ1v) is 6.76. The Bertz CT molecular complexity index is 386. The van der Waals surface area contributed by atoms with Crippen LogP contribution in [0.3, 0.4) is 0 Å². The molecule has 0 amide bonds. The summed E-state index contributed by atoms with van der Waals surface area (Å²) in [5.41, 5.74) is 8.68. The van der Waals surface area contributed by atoms with Crippen molar-refractivity contribution in [2.45, 2.75) is 38.5 Å². The first kappa shape index (κ1) is 16.4. The molecule has 0 aromatic heterocycles. The molecule has 0 saturated carbocycles. The predicted molar refractivity (Wildman–Crippen MR) is 81.7 cm³/mol. The molecule has 2 atom stereocenters. The molecule has 3 nitrogen and oxygen atoms in total. The second kappa shape index (κ2) is 7.85. The van der Waals surface area contributed by atoms with Crippen LogP contribution in [-0.2, 0) is 11.3 Å². The van der Waals surface area contributed by atoms with Gasteiger partial charge in [0.15, 0.2) is 0 Å². The van der Waals surface area contributed by atoms with Gasteiger partial charge in [-0.1, -0.05) is 24.3 Å². The molecule has 1 aliphatic heterocycles. The van der Waals surface area contributed by atoms with Crippen LogP contribution in [0, 0.1) is 6.92 Å². The standard InChI is InChI=1S/C15H24N2O.ClH/c1-12-5-3-4-6-13(12)11-17-8-7-15(18-2)9-14(17)10-16;/h3-6,14-15H,7-11,16H2,1-2H3;1H. The number of nitrogens with zero attached hydrogens (tertiary/aromatic N) is 1. The van der Waals surface area contributed by atoms with Gasteiger partial charge in [0, 0.05) is 32.8 Å². The molecule has 4 heteroatoms. The van der Waals surface area contributed by atoms with E-state index in [0.29, 0.717) is 18.7 Å². The fourth-order valence-corrected chi connectivity index (χ4v) is 2.74. The Hall–Kier alpha value is -0.610. The van der Waals surface area contributed by atoms with Gasteiger partial charge in [-0.2, -0.15) is 0 Å². The molecule has 0 spiro atoms. The highest BCUT2D eigenvalue weighted by Crippen LogP contribution is 2.22. The predicted octanol–water partition coefficient (Wildman–Crippen LogP) is 2.35. The van der Waals surface area contributed by atoms with E-state index in [1.54, 1.807) is 7.11 Å². The second-order valence-electron chi connectivity index (χ2n) is 5.17. The van der Waals surface area contributed by atoms with E-state index in [9.17, 15) is 0 Å². The molecule has 1 saturated heterocycles. The molecule has 2 unspecified atom stereocenters. The summed E-state index contributed by atoms with van der Waals surface area (Å²) in [6.07, 6.45) is 2.55. The van der Waals surface area contributed by atoms with Gasteiger partial charge in [-0.05, 0) is 30.9 Å². The van der Waals surface area contributed by atoms with Crippen LogP contribution in [-0.4, -0.2) is 37.2 Å². The third-order valence-electron chi connectivity index (χ3n) is 4.03. The molecular formula is C15H25ClN2O. The van der Waals surface area contributed by atoms with E-state index < -0.39 is 0 Å². The SMILES string of the molecule is COC1CCN(Cc2ccccc2C)C(CN)C1.Cl. The highest BCUT2D eigenvalue weighted by molar-refractivity contribution is 5.85. The monoisotopic (exact) mass is 284 g/mol. The summed E-state index contributed by atoms with van der Waals surface area (Å²) >= 11 is 0. The number of halogens is 1. The Kier molecular flexibility index (Phi) is 6.80. The van der Waals surface area contributed by atoms with E-state index in [1.807, 2.05) is 0 Å². The maximum Gasteiger partial charge on any atom is 0.0599 e. The van der Waals surface area contributed by atoms with E-state index in [4.69, 9.17) is 10.5 Å². The molecule has 2 rings (SSSR count). The molecule has 108 valence electrons. The zero-order valence-corrected chi connectivity index (χ0v) is 12.7. The van der Waals surface area contributed by atoms with Crippen molar-refractivity contribution in [2.75, 3.05) is 20.2 Å². The fourth-order valence-electron chi connectivity index (χ4n) is 2.74. The summed E-state index contributed by atoms with van der Waals surface area (Å²) < 4.78 is 5.46. The summed E-state index contributed by atoms with van der Waals surface area (Å²) in [5.74, 6) is 0. The summed E-state index contributed by atoms with van der Waals surface area (Å²) in [7, 11) is 1.80. The van der Waals surface area contributed by atoms with Crippen LogP contribution >= 0.6 is 12.4 Å². The third kappa shape index (κ3) is 4.18. The zero-order valence-electron chi connectivity index (χ0n) is 11.8. The van der Waals surface area contributed by atoms with Crippen molar-refractivity contribution in [3.05, 3.63) is 35.4 Å². The van der Waals surface area contributed by atoms with Crippen molar-refractivity contribution < 1.29 is 4.74 Å². The van der Waals surface area contributed by atoms with Gasteiger partial charge >= 0.3 is 0 Å². The first-order valence-electron chi connectivity index (χ1n) is 6.76. The molecule has 1 fully saturated rings. The largest absolute Gasteiger partial charge is 0.381 e. The molecular weight excluding hydrogens is 260 g/mol. The lowest BCUT2D eigenvalue weighted by atomic mass is 9.97. The number of hydrogen-bond donors (Lipinski definition) is 1. The number of piperidine rings is 1. The molecule has 1 aromatic carbocycles. The lowest BCUT2D eigenvalue weighted by Crippen LogP contribution is -2.48. The highest BCUT2D eigenvalue weighted by Gasteiger charge is 2.27. The molecule has 1 aliphatic rings. The van der Waals surface area contributed by atoms with Crippen molar-refractivity contribution in [3.8, 4) is 0 Å². The van der Waals surface area contributed by atoms with Crippen molar-refractivity contribution in [1.29, 1.82) is 0 Å². The zero-order chi connectivity index (χ0) is 13.0. The Labute approximate surface area is 122 Å². The number of hydrogen-bond acceptors (Lipinski definition) is 3. The molecule has 2 N–H and O–H groups in total. The molecule has 19 heavy (non-hydrogen) atoms. The van der Waals surface area contributed by atoms with Gasteiger partial charge in [0.25, 0.3) is 0 Å². The van der Waals surface area contributed by atoms with Gasteiger partial charge in [-0.25, -0.2) is 0 Å². The maximum absolute atomic E-state index is 5.91. The summed E-state index contributed by atoms with van der Waals surface area (Å²) in [6, 6.07) is 9.04. The topological polar surface area (TPSA) is 38.5 Å². The number of benzene rings is 1. The number of ether oxygens (including phenoxy) is 1. The van der Waals surface area contributed by atoms with Crippen LogP contribution in [0.25, 0.3) is 0 Å². The molecule has 0 bridgehead atoms. The fraction of sp³-hybridized carbons (Fsp3) is 0.600. The van der Waals surface area contributed by atoms with E-state index in [2.05, 4.69) is 36.1 Å². The first-order chi connectivity index (χ1) is 8.74. The van der Waals surface area contributed by atoms with Crippen LogP contribution in [0.1, 0.15) is 24.0 Å². The number of likely N-dealkylation sites (tertiary alicyclic amines) is 1. The van der Waals surface area contributed by atoms with Gasteiger partial charge in [0.05, 0.1) is 6.10 Å². The summed E-state index contributed by atoms with van der Waals surface area (Å²) in [6.45, 7) is 4.97. The minimum absolute atomic E-state index is 0. The van der Waals surface area contributed by atoms with Gasteiger partial charge < -0.3 is 10.5 Å². The molecule has 1 heterocycles.